The maximum Gasteiger partial charge on any atom is 0.123 e. The molecule has 0 aliphatic rings. The Labute approximate surface area is 118 Å². The van der Waals surface area contributed by atoms with Gasteiger partial charge in [0, 0.05) is 5.69 Å². The summed E-state index contributed by atoms with van der Waals surface area (Å²) >= 11 is 6.01. The molecule has 1 unspecified atom stereocenters. The molecule has 0 aliphatic carbocycles. The topological polar surface area (TPSA) is 43.1 Å². The standard InChI is InChI=1S/C14H13ClFNOS/c1-9-2-3-11(16)6-10(9)8-19(18)14-7-12(17)4-5-13(14)15/h2-7H,8,17H2,1H3. The monoisotopic (exact) mass is 297 g/mol. The summed E-state index contributed by atoms with van der Waals surface area (Å²) in [5.41, 5.74) is 7.77. The highest BCUT2D eigenvalue weighted by atomic mass is 35.5. The fourth-order valence-electron chi connectivity index (χ4n) is 1.71. The Bertz CT molecular complexity index is 645. The van der Waals surface area contributed by atoms with Crippen molar-refractivity contribution in [1.82, 2.24) is 0 Å². The van der Waals surface area contributed by atoms with Crippen LogP contribution in [-0.4, -0.2) is 4.21 Å². The normalized spacial score (nSPS) is 12.4. The smallest absolute Gasteiger partial charge is 0.123 e. The summed E-state index contributed by atoms with van der Waals surface area (Å²) in [6, 6.07) is 9.30. The lowest BCUT2D eigenvalue weighted by molar-refractivity contribution is 0.625. The average molecular weight is 298 g/mol. The van der Waals surface area contributed by atoms with Crippen LogP contribution in [0.1, 0.15) is 11.1 Å². The SMILES string of the molecule is Cc1ccc(F)cc1CS(=O)c1cc(N)ccc1Cl. The van der Waals surface area contributed by atoms with E-state index in [0.29, 0.717) is 21.2 Å². The Morgan fingerprint density at radius 3 is 2.74 bits per heavy atom. The zero-order valence-electron chi connectivity index (χ0n) is 10.3. The zero-order valence-corrected chi connectivity index (χ0v) is 11.9. The van der Waals surface area contributed by atoms with Crippen LogP contribution in [0, 0.1) is 12.7 Å². The quantitative estimate of drug-likeness (QED) is 0.878. The van der Waals surface area contributed by atoms with Gasteiger partial charge in [0.05, 0.1) is 26.5 Å². The first-order valence-electron chi connectivity index (χ1n) is 5.66. The molecule has 0 aliphatic heterocycles. The molecular formula is C14H13ClFNOS. The van der Waals surface area contributed by atoms with Crippen molar-refractivity contribution in [2.75, 3.05) is 5.73 Å². The second kappa shape index (κ2) is 5.72. The molecule has 19 heavy (non-hydrogen) atoms. The minimum atomic E-state index is -1.35. The van der Waals surface area contributed by atoms with E-state index in [1.165, 1.54) is 12.1 Å². The number of benzene rings is 2. The van der Waals surface area contributed by atoms with Crippen molar-refractivity contribution in [3.05, 3.63) is 58.4 Å². The lowest BCUT2D eigenvalue weighted by Gasteiger charge is -2.08. The number of nitrogen functional groups attached to an aromatic ring is 1. The summed E-state index contributed by atoms with van der Waals surface area (Å²) < 4.78 is 25.5. The summed E-state index contributed by atoms with van der Waals surface area (Å²) in [5.74, 6) is -0.122. The van der Waals surface area contributed by atoms with Crippen LogP contribution in [0.25, 0.3) is 0 Å². The predicted octanol–water partition coefficient (Wildman–Crippen LogP) is 3.68. The molecule has 0 amide bonds. The molecule has 0 saturated carbocycles. The van der Waals surface area contributed by atoms with Gasteiger partial charge in [-0.2, -0.15) is 0 Å². The second-order valence-electron chi connectivity index (χ2n) is 4.25. The van der Waals surface area contributed by atoms with Crippen LogP contribution in [-0.2, 0) is 16.6 Å². The van der Waals surface area contributed by atoms with Crippen molar-refractivity contribution in [2.24, 2.45) is 0 Å². The molecule has 2 nitrogen and oxygen atoms in total. The second-order valence-corrected chi connectivity index (χ2v) is 6.08. The van der Waals surface area contributed by atoms with Crippen LogP contribution in [0.5, 0.6) is 0 Å². The molecule has 0 bridgehead atoms. The summed E-state index contributed by atoms with van der Waals surface area (Å²) in [6.45, 7) is 1.85. The highest BCUT2D eigenvalue weighted by Crippen LogP contribution is 2.25. The third-order valence-corrected chi connectivity index (χ3v) is 4.64. The Hall–Kier alpha value is -1.39. The predicted molar refractivity (Wildman–Crippen MR) is 77.1 cm³/mol. The lowest BCUT2D eigenvalue weighted by Crippen LogP contribution is -2.01. The van der Waals surface area contributed by atoms with Gasteiger partial charge in [-0.05, 0) is 48.4 Å². The number of rotatable bonds is 3. The van der Waals surface area contributed by atoms with Gasteiger partial charge in [0.1, 0.15) is 5.82 Å². The first kappa shape index (κ1) is 14.0. The molecule has 5 heteroatoms. The molecule has 100 valence electrons. The minimum absolute atomic E-state index is 0.215. The van der Waals surface area contributed by atoms with E-state index in [1.807, 2.05) is 6.92 Å². The van der Waals surface area contributed by atoms with Gasteiger partial charge in [-0.3, -0.25) is 4.21 Å². The van der Waals surface area contributed by atoms with E-state index >= 15 is 0 Å². The van der Waals surface area contributed by atoms with Crippen molar-refractivity contribution in [3.63, 3.8) is 0 Å². The van der Waals surface area contributed by atoms with Crippen LogP contribution in [0.15, 0.2) is 41.3 Å². The van der Waals surface area contributed by atoms with E-state index in [1.54, 1.807) is 24.3 Å². The van der Waals surface area contributed by atoms with E-state index in [2.05, 4.69) is 0 Å². The van der Waals surface area contributed by atoms with Crippen LogP contribution in [0.4, 0.5) is 10.1 Å². The van der Waals surface area contributed by atoms with E-state index in [0.717, 1.165) is 5.56 Å². The van der Waals surface area contributed by atoms with E-state index in [-0.39, 0.29) is 11.6 Å². The van der Waals surface area contributed by atoms with Crippen molar-refractivity contribution < 1.29 is 8.60 Å². The fourth-order valence-corrected chi connectivity index (χ4v) is 3.39. The average Bonchev–Trinajstić information content (AvgIpc) is 2.36. The summed E-state index contributed by atoms with van der Waals surface area (Å²) in [4.78, 5) is 0.477. The lowest BCUT2D eigenvalue weighted by atomic mass is 10.1. The van der Waals surface area contributed by atoms with E-state index in [4.69, 9.17) is 17.3 Å². The van der Waals surface area contributed by atoms with Gasteiger partial charge in [-0.1, -0.05) is 17.7 Å². The molecule has 2 N–H and O–H groups in total. The van der Waals surface area contributed by atoms with Gasteiger partial charge in [0.25, 0.3) is 0 Å². The molecule has 2 aromatic rings. The molecule has 2 aromatic carbocycles. The van der Waals surface area contributed by atoms with Crippen molar-refractivity contribution in [2.45, 2.75) is 17.6 Å². The largest absolute Gasteiger partial charge is 0.399 e. The molecule has 1 atom stereocenters. The van der Waals surface area contributed by atoms with E-state index in [9.17, 15) is 8.60 Å². The van der Waals surface area contributed by atoms with Crippen molar-refractivity contribution in [1.29, 1.82) is 0 Å². The summed E-state index contributed by atoms with van der Waals surface area (Å²) in [7, 11) is -1.35. The Morgan fingerprint density at radius 2 is 2.00 bits per heavy atom. The van der Waals surface area contributed by atoms with Gasteiger partial charge in [-0.15, -0.1) is 0 Å². The number of hydrogen-bond acceptors (Lipinski definition) is 2. The molecule has 2 rings (SSSR count). The van der Waals surface area contributed by atoms with Crippen molar-refractivity contribution >= 4 is 28.1 Å². The van der Waals surface area contributed by atoms with Gasteiger partial charge >= 0.3 is 0 Å². The molecule has 0 aromatic heterocycles. The number of halogens is 2. The summed E-state index contributed by atoms with van der Waals surface area (Å²) in [6.07, 6.45) is 0. The van der Waals surface area contributed by atoms with Crippen molar-refractivity contribution in [3.8, 4) is 0 Å². The first-order valence-corrected chi connectivity index (χ1v) is 7.35. The number of aryl methyl sites for hydroxylation is 1. The van der Waals surface area contributed by atoms with Gasteiger partial charge in [0.15, 0.2) is 0 Å². The van der Waals surface area contributed by atoms with Gasteiger partial charge in [0.2, 0.25) is 0 Å². The Morgan fingerprint density at radius 1 is 1.26 bits per heavy atom. The number of anilines is 1. The molecule has 0 heterocycles. The summed E-state index contributed by atoms with van der Waals surface area (Å²) in [5, 5.41) is 0.404. The van der Waals surface area contributed by atoms with Gasteiger partial charge in [-0.25, -0.2) is 4.39 Å². The number of nitrogens with two attached hydrogens (primary N) is 1. The maximum atomic E-state index is 13.2. The molecule has 0 radical (unpaired) electrons. The Kier molecular flexibility index (Phi) is 4.22. The van der Waals surface area contributed by atoms with Crippen LogP contribution in [0.3, 0.4) is 0 Å². The molecule has 0 spiro atoms. The number of hydrogen-bond donors (Lipinski definition) is 1. The minimum Gasteiger partial charge on any atom is -0.399 e. The molecule has 0 fully saturated rings. The Balaban J connectivity index is 2.30. The van der Waals surface area contributed by atoms with Crippen LogP contribution in [0.2, 0.25) is 5.02 Å². The van der Waals surface area contributed by atoms with Crippen LogP contribution < -0.4 is 5.73 Å². The third-order valence-electron chi connectivity index (χ3n) is 2.80. The fraction of sp³-hybridized carbons (Fsp3) is 0.143. The molecular weight excluding hydrogens is 285 g/mol. The first-order chi connectivity index (χ1) is 8.97. The van der Waals surface area contributed by atoms with E-state index < -0.39 is 10.8 Å². The highest BCUT2D eigenvalue weighted by Gasteiger charge is 2.12. The third kappa shape index (κ3) is 3.33. The zero-order chi connectivity index (χ0) is 14.0. The molecule has 0 saturated heterocycles. The van der Waals surface area contributed by atoms with Gasteiger partial charge < -0.3 is 5.73 Å². The highest BCUT2D eigenvalue weighted by molar-refractivity contribution is 7.84. The maximum absolute atomic E-state index is 13.2. The van der Waals surface area contributed by atoms with Crippen LogP contribution >= 0.6 is 11.6 Å².